The maximum atomic E-state index is 14.0. The second-order valence-electron chi connectivity index (χ2n) is 6.22. The lowest BCUT2D eigenvalue weighted by molar-refractivity contribution is -0.345. The van der Waals surface area contributed by atoms with Gasteiger partial charge < -0.3 is 10.6 Å². The quantitative estimate of drug-likeness (QED) is 0.443. The summed E-state index contributed by atoms with van der Waals surface area (Å²) in [6.45, 7) is 0. The Bertz CT molecular complexity index is 918. The van der Waals surface area contributed by atoms with Crippen LogP contribution in [0.25, 0.3) is 0 Å². The molecule has 0 spiro atoms. The first-order chi connectivity index (χ1) is 14.5. The zero-order valence-corrected chi connectivity index (χ0v) is 16.7. The molecule has 0 saturated heterocycles. The number of benzene rings is 2. The highest BCUT2D eigenvalue weighted by molar-refractivity contribution is 6.31. The van der Waals surface area contributed by atoms with Gasteiger partial charge in [-0.3, -0.25) is 9.59 Å². The Morgan fingerprint density at radius 2 is 0.812 bits per heavy atom. The molecule has 0 aliphatic heterocycles. The molecule has 4 nitrogen and oxygen atoms in total. The van der Waals surface area contributed by atoms with Crippen molar-refractivity contribution in [3.63, 3.8) is 0 Å². The van der Waals surface area contributed by atoms with E-state index in [1.165, 1.54) is 10.6 Å². The number of nitrogens with one attached hydrogen (secondary N) is 2. The third kappa shape index (κ3) is 4.60. The third-order valence-corrected chi connectivity index (χ3v) is 4.46. The summed E-state index contributed by atoms with van der Waals surface area (Å²) in [6.07, 6.45) is 0. The van der Waals surface area contributed by atoms with Crippen LogP contribution in [-0.2, 0) is 9.59 Å². The largest absolute Gasteiger partial charge is 0.393 e. The molecule has 0 unspecified atom stereocenters. The van der Waals surface area contributed by atoms with Gasteiger partial charge in [-0.2, -0.15) is 35.1 Å². The maximum Gasteiger partial charge on any atom is 0.393 e. The third-order valence-electron chi connectivity index (χ3n) is 3.96. The fourth-order valence-corrected chi connectivity index (χ4v) is 2.42. The van der Waals surface area contributed by atoms with Crippen LogP contribution in [0, 0.1) is 0 Å². The van der Waals surface area contributed by atoms with Crippen molar-refractivity contribution in [2.45, 2.75) is 23.7 Å². The number of hydrogen-bond donors (Lipinski definition) is 2. The van der Waals surface area contributed by atoms with Crippen LogP contribution in [0.4, 0.5) is 46.5 Å². The lowest BCUT2D eigenvalue weighted by Crippen LogP contribution is -2.67. The molecule has 0 radical (unpaired) electrons. The molecule has 0 aliphatic rings. The molecule has 0 fully saturated rings. The van der Waals surface area contributed by atoms with Gasteiger partial charge in [0.25, 0.3) is 0 Å². The number of carbonyl (C=O) groups is 2. The van der Waals surface area contributed by atoms with Crippen molar-refractivity contribution in [1.29, 1.82) is 0 Å². The average molecular weight is 509 g/mol. The second-order valence-corrected chi connectivity index (χ2v) is 7.09. The predicted molar refractivity (Wildman–Crippen MR) is 100.0 cm³/mol. The Hall–Kier alpha value is -2.60. The predicted octanol–water partition coefficient (Wildman–Crippen LogP) is 6.11. The molecule has 2 N–H and O–H groups in total. The lowest BCUT2D eigenvalue weighted by atomic mass is 9.97. The minimum Gasteiger partial charge on any atom is -0.321 e. The lowest BCUT2D eigenvalue weighted by Gasteiger charge is -2.35. The average Bonchev–Trinajstić information content (AvgIpc) is 2.70. The van der Waals surface area contributed by atoms with Gasteiger partial charge in [0, 0.05) is 21.4 Å². The van der Waals surface area contributed by atoms with Gasteiger partial charge in [0.2, 0.25) is 0 Å². The molecule has 14 heteroatoms. The summed E-state index contributed by atoms with van der Waals surface area (Å²) in [5, 5.41) is 2.50. The Kier molecular flexibility index (Phi) is 7.01. The number of carbonyl (C=O) groups excluding carboxylic acids is 2. The molecule has 0 saturated carbocycles. The molecular weight excluding hydrogens is 499 g/mol. The van der Waals surface area contributed by atoms with E-state index in [9.17, 15) is 44.7 Å². The van der Waals surface area contributed by atoms with Gasteiger partial charge in [0.05, 0.1) is 0 Å². The van der Waals surface area contributed by atoms with E-state index < -0.39 is 46.9 Å². The fourth-order valence-electron chi connectivity index (χ4n) is 2.17. The van der Waals surface area contributed by atoms with Crippen LogP contribution < -0.4 is 10.6 Å². The number of anilines is 2. The summed E-state index contributed by atoms with van der Waals surface area (Å²) >= 11 is 11.0. The molecule has 0 bridgehead atoms. The van der Waals surface area contributed by atoms with Crippen LogP contribution in [0.5, 0.6) is 0 Å². The van der Waals surface area contributed by atoms with E-state index in [2.05, 4.69) is 0 Å². The zero-order chi connectivity index (χ0) is 24.5. The molecule has 2 aromatic carbocycles. The summed E-state index contributed by atoms with van der Waals surface area (Å²) in [5.41, 5.74) is -1.13. The van der Waals surface area contributed by atoms with E-state index >= 15 is 0 Å². The first-order valence-corrected chi connectivity index (χ1v) is 8.95. The van der Waals surface area contributed by atoms with E-state index in [1.54, 1.807) is 0 Å². The van der Waals surface area contributed by atoms with E-state index in [0.29, 0.717) is 0 Å². The highest BCUT2D eigenvalue weighted by Gasteiger charge is 2.84. The highest BCUT2D eigenvalue weighted by Crippen LogP contribution is 2.53. The van der Waals surface area contributed by atoms with Gasteiger partial charge in [0.1, 0.15) is 0 Å². The van der Waals surface area contributed by atoms with Crippen LogP contribution in [0.1, 0.15) is 0 Å². The molecule has 2 rings (SSSR count). The van der Waals surface area contributed by atoms with Crippen molar-refractivity contribution in [3.8, 4) is 0 Å². The second kappa shape index (κ2) is 8.74. The number of rotatable bonds is 7. The standard InChI is InChI=1S/C18H10Cl2F8N2O2/c19-9-1-5-11(6-2-9)29-13(31)15(21,22)17(25,26)18(27,28)16(23,24)14(32)30-12-7-3-10(20)4-8-12/h1-8H,(H,29,31)(H,30,32). The molecule has 0 aliphatic carbocycles. The monoisotopic (exact) mass is 508 g/mol. The summed E-state index contributed by atoms with van der Waals surface area (Å²) in [5.74, 6) is -32.7. The smallest absolute Gasteiger partial charge is 0.321 e. The van der Waals surface area contributed by atoms with Crippen molar-refractivity contribution in [2.75, 3.05) is 10.6 Å². The Morgan fingerprint density at radius 1 is 0.562 bits per heavy atom. The van der Waals surface area contributed by atoms with Crippen LogP contribution >= 0.6 is 23.2 Å². The van der Waals surface area contributed by atoms with Crippen LogP contribution in [-0.4, -0.2) is 35.5 Å². The van der Waals surface area contributed by atoms with Gasteiger partial charge in [-0.05, 0) is 48.5 Å². The van der Waals surface area contributed by atoms with Gasteiger partial charge in [-0.1, -0.05) is 23.2 Å². The molecule has 2 amide bonds. The van der Waals surface area contributed by atoms with Crippen LogP contribution in [0.2, 0.25) is 10.0 Å². The Balaban J connectivity index is 2.30. The van der Waals surface area contributed by atoms with Gasteiger partial charge in [-0.25, -0.2) is 0 Å². The van der Waals surface area contributed by atoms with Gasteiger partial charge in [-0.15, -0.1) is 0 Å². The van der Waals surface area contributed by atoms with Crippen molar-refractivity contribution in [1.82, 2.24) is 0 Å². The minimum absolute atomic E-state index is 0.0537. The van der Waals surface area contributed by atoms with Crippen molar-refractivity contribution in [3.05, 3.63) is 58.6 Å². The minimum atomic E-state index is -6.99. The maximum absolute atomic E-state index is 14.0. The van der Waals surface area contributed by atoms with Gasteiger partial charge >= 0.3 is 35.5 Å². The normalized spacial score (nSPS) is 12.9. The van der Waals surface area contributed by atoms with Crippen LogP contribution in [0.15, 0.2) is 48.5 Å². The topological polar surface area (TPSA) is 58.2 Å². The van der Waals surface area contributed by atoms with Crippen molar-refractivity contribution in [2.24, 2.45) is 0 Å². The van der Waals surface area contributed by atoms with E-state index in [-0.39, 0.29) is 10.0 Å². The molecule has 174 valence electrons. The summed E-state index contributed by atoms with van der Waals surface area (Å²) in [6, 6.07) is 7.60. The summed E-state index contributed by atoms with van der Waals surface area (Å²) < 4.78 is 112. The fraction of sp³-hybridized carbons (Fsp3) is 0.222. The zero-order valence-electron chi connectivity index (χ0n) is 15.2. The van der Waals surface area contributed by atoms with Crippen molar-refractivity contribution < 1.29 is 44.7 Å². The van der Waals surface area contributed by atoms with Crippen molar-refractivity contribution >= 4 is 46.4 Å². The summed E-state index contributed by atoms with van der Waals surface area (Å²) in [4.78, 5) is 23.1. The number of hydrogen-bond acceptors (Lipinski definition) is 2. The van der Waals surface area contributed by atoms with E-state index in [0.717, 1.165) is 48.5 Å². The van der Waals surface area contributed by atoms with Crippen LogP contribution in [0.3, 0.4) is 0 Å². The highest BCUT2D eigenvalue weighted by atomic mass is 35.5. The molecule has 32 heavy (non-hydrogen) atoms. The molecule has 0 atom stereocenters. The first kappa shape index (κ1) is 25.7. The molecule has 0 heterocycles. The SMILES string of the molecule is O=C(Nc1ccc(Cl)cc1)C(F)(F)C(F)(F)C(F)(F)C(F)(F)C(=O)Nc1ccc(Cl)cc1. The van der Waals surface area contributed by atoms with E-state index in [1.807, 2.05) is 0 Å². The van der Waals surface area contributed by atoms with E-state index in [4.69, 9.17) is 23.2 Å². The number of amides is 2. The molecular formula is C18H10Cl2F8N2O2. The molecule has 2 aromatic rings. The number of halogens is 10. The first-order valence-electron chi connectivity index (χ1n) is 8.19. The summed E-state index contributed by atoms with van der Waals surface area (Å²) in [7, 11) is 0. The molecule has 0 aromatic heterocycles. The Labute approximate surface area is 184 Å². The van der Waals surface area contributed by atoms with Gasteiger partial charge in [0.15, 0.2) is 0 Å². The number of alkyl halides is 8. The Morgan fingerprint density at radius 3 is 1.06 bits per heavy atom.